The van der Waals surface area contributed by atoms with E-state index in [0.717, 1.165) is 49.9 Å². The van der Waals surface area contributed by atoms with Crippen LogP contribution >= 0.6 is 0 Å². The highest BCUT2D eigenvalue weighted by atomic mass is 16.5. The predicted octanol–water partition coefficient (Wildman–Crippen LogP) is 7.53. The third kappa shape index (κ3) is 4.00. The second kappa shape index (κ2) is 9.04. The topological polar surface area (TPSA) is 39.2 Å². The molecule has 2 fully saturated rings. The Morgan fingerprint density at radius 1 is 1.09 bits per heavy atom. The SMILES string of the molecule is CCCCCC(=O)O[C@H]1CC[C@@]2(C)C(=CC[C@@H]3[C@@H]2CC[C@]2(C)C(c4cccnc4)=CC[C@@H]32)C1. The average Bonchev–Trinajstić information content (AvgIpc) is 3.17. The molecule has 0 N–H and O–H groups in total. The molecule has 4 aliphatic carbocycles. The summed E-state index contributed by atoms with van der Waals surface area (Å²) in [4.78, 5) is 16.7. The molecule has 3 heteroatoms. The number of rotatable bonds is 6. The maximum Gasteiger partial charge on any atom is 0.306 e. The molecule has 6 atom stereocenters. The molecule has 4 aliphatic rings. The Bertz CT molecular complexity index is 934. The van der Waals surface area contributed by atoms with Crippen molar-refractivity contribution in [1.82, 2.24) is 4.98 Å². The maximum absolute atomic E-state index is 12.3. The third-order valence-electron chi connectivity index (χ3n) is 9.89. The Kier molecular flexibility index (Phi) is 6.27. The second-order valence-corrected chi connectivity index (χ2v) is 11.6. The number of allylic oxidation sites excluding steroid dienone is 3. The maximum atomic E-state index is 12.3. The van der Waals surface area contributed by atoms with E-state index < -0.39 is 0 Å². The molecule has 0 amide bonds. The highest BCUT2D eigenvalue weighted by Crippen LogP contribution is 2.66. The van der Waals surface area contributed by atoms with Gasteiger partial charge in [-0.15, -0.1) is 0 Å². The number of hydrogen-bond acceptors (Lipinski definition) is 3. The fourth-order valence-corrected chi connectivity index (χ4v) is 8.03. The van der Waals surface area contributed by atoms with E-state index in [1.807, 2.05) is 6.20 Å². The van der Waals surface area contributed by atoms with Crippen molar-refractivity contribution in [2.24, 2.45) is 28.6 Å². The van der Waals surface area contributed by atoms with Crippen LogP contribution in [0.1, 0.15) is 97.0 Å². The van der Waals surface area contributed by atoms with Gasteiger partial charge in [-0.1, -0.05) is 57.4 Å². The van der Waals surface area contributed by atoms with Crippen molar-refractivity contribution in [3.8, 4) is 0 Å². The summed E-state index contributed by atoms with van der Waals surface area (Å²) < 4.78 is 5.92. The van der Waals surface area contributed by atoms with Crippen molar-refractivity contribution in [3.05, 3.63) is 47.8 Å². The van der Waals surface area contributed by atoms with Gasteiger partial charge in [0, 0.05) is 25.2 Å². The van der Waals surface area contributed by atoms with Gasteiger partial charge >= 0.3 is 5.97 Å². The van der Waals surface area contributed by atoms with E-state index in [1.54, 1.807) is 5.57 Å². The van der Waals surface area contributed by atoms with Crippen LogP contribution in [0.25, 0.3) is 5.57 Å². The first-order valence-electron chi connectivity index (χ1n) is 13.5. The molecule has 0 saturated heterocycles. The average molecular weight is 448 g/mol. The van der Waals surface area contributed by atoms with E-state index in [1.165, 1.54) is 43.2 Å². The molecule has 33 heavy (non-hydrogen) atoms. The minimum absolute atomic E-state index is 0.0136. The Morgan fingerprint density at radius 3 is 2.73 bits per heavy atom. The smallest absolute Gasteiger partial charge is 0.306 e. The molecule has 0 aliphatic heterocycles. The van der Waals surface area contributed by atoms with Crippen LogP contribution in [0.3, 0.4) is 0 Å². The highest BCUT2D eigenvalue weighted by molar-refractivity contribution is 5.72. The lowest BCUT2D eigenvalue weighted by atomic mass is 9.47. The van der Waals surface area contributed by atoms with E-state index >= 15 is 0 Å². The number of aromatic nitrogens is 1. The second-order valence-electron chi connectivity index (χ2n) is 11.6. The van der Waals surface area contributed by atoms with Crippen LogP contribution in [-0.4, -0.2) is 17.1 Å². The summed E-state index contributed by atoms with van der Waals surface area (Å²) in [6.45, 7) is 7.23. The zero-order valence-corrected chi connectivity index (χ0v) is 20.8. The van der Waals surface area contributed by atoms with Gasteiger partial charge in [-0.2, -0.15) is 0 Å². The van der Waals surface area contributed by atoms with E-state index in [-0.39, 0.29) is 22.9 Å². The van der Waals surface area contributed by atoms with Crippen molar-refractivity contribution in [1.29, 1.82) is 0 Å². The summed E-state index contributed by atoms with van der Waals surface area (Å²) in [5, 5.41) is 0. The van der Waals surface area contributed by atoms with Gasteiger partial charge in [-0.3, -0.25) is 9.78 Å². The van der Waals surface area contributed by atoms with E-state index in [4.69, 9.17) is 4.74 Å². The summed E-state index contributed by atoms with van der Waals surface area (Å²) >= 11 is 0. The third-order valence-corrected chi connectivity index (χ3v) is 9.89. The molecular formula is C30H41NO2. The number of nitrogens with zero attached hydrogens (tertiary/aromatic N) is 1. The molecule has 0 unspecified atom stereocenters. The molecule has 5 rings (SSSR count). The Labute approximate surface area is 200 Å². The van der Waals surface area contributed by atoms with Gasteiger partial charge in [-0.05, 0) is 90.7 Å². The standard InChI is InChI=1S/C30H41NO2/c1-4-5-6-9-28(32)33-23-14-16-29(2)22(19-23)10-11-24-26-13-12-25(21-8-7-18-31-20-21)30(26,3)17-15-27(24)29/h7-8,10,12,18,20,23-24,26-27H,4-6,9,11,13-17,19H2,1-3H3/t23-,24-,26-,27-,29-,30+/m0/s1. The van der Waals surface area contributed by atoms with Crippen molar-refractivity contribution >= 4 is 11.5 Å². The van der Waals surface area contributed by atoms with Crippen molar-refractivity contribution in [3.63, 3.8) is 0 Å². The number of unbranched alkanes of at least 4 members (excludes halogenated alkanes) is 2. The predicted molar refractivity (Wildman–Crippen MR) is 133 cm³/mol. The molecule has 0 bridgehead atoms. The summed E-state index contributed by atoms with van der Waals surface area (Å²) in [6.07, 6.45) is 21.0. The highest BCUT2D eigenvalue weighted by Gasteiger charge is 2.57. The van der Waals surface area contributed by atoms with E-state index in [9.17, 15) is 4.79 Å². The first-order valence-corrected chi connectivity index (χ1v) is 13.5. The van der Waals surface area contributed by atoms with Crippen LogP contribution in [0.15, 0.2) is 42.3 Å². The summed E-state index contributed by atoms with van der Waals surface area (Å²) in [7, 11) is 0. The number of carbonyl (C=O) groups is 1. The van der Waals surface area contributed by atoms with E-state index in [2.05, 4.69) is 56.2 Å². The Morgan fingerprint density at radius 2 is 1.94 bits per heavy atom. The number of esters is 1. The monoisotopic (exact) mass is 447 g/mol. The lowest BCUT2D eigenvalue weighted by Crippen LogP contribution is -2.50. The molecule has 0 aromatic carbocycles. The van der Waals surface area contributed by atoms with Gasteiger partial charge in [0.1, 0.15) is 6.10 Å². The lowest BCUT2D eigenvalue weighted by Gasteiger charge is -2.57. The van der Waals surface area contributed by atoms with Gasteiger partial charge in [0.15, 0.2) is 0 Å². The first kappa shape index (κ1) is 22.9. The first-order chi connectivity index (χ1) is 16.0. The van der Waals surface area contributed by atoms with Gasteiger partial charge in [0.25, 0.3) is 0 Å². The van der Waals surface area contributed by atoms with Crippen LogP contribution in [-0.2, 0) is 9.53 Å². The minimum Gasteiger partial charge on any atom is -0.462 e. The van der Waals surface area contributed by atoms with Gasteiger partial charge in [0.05, 0.1) is 0 Å². The number of pyridine rings is 1. The molecule has 1 heterocycles. The van der Waals surface area contributed by atoms with Gasteiger partial charge < -0.3 is 4.74 Å². The zero-order chi connectivity index (χ0) is 23.1. The van der Waals surface area contributed by atoms with Gasteiger partial charge in [-0.25, -0.2) is 0 Å². The van der Waals surface area contributed by atoms with E-state index in [0.29, 0.717) is 6.42 Å². The quantitative estimate of drug-likeness (QED) is 0.257. The largest absolute Gasteiger partial charge is 0.462 e. The molecular weight excluding hydrogens is 406 g/mol. The van der Waals surface area contributed by atoms with Crippen molar-refractivity contribution in [2.45, 2.75) is 97.5 Å². The van der Waals surface area contributed by atoms with Crippen molar-refractivity contribution < 1.29 is 9.53 Å². The number of hydrogen-bond donors (Lipinski definition) is 0. The summed E-state index contributed by atoms with van der Waals surface area (Å²) in [6, 6.07) is 4.31. The van der Waals surface area contributed by atoms with Crippen LogP contribution in [0.5, 0.6) is 0 Å². The van der Waals surface area contributed by atoms with Crippen LogP contribution in [0.4, 0.5) is 0 Å². The Hall–Kier alpha value is -1.90. The lowest BCUT2D eigenvalue weighted by molar-refractivity contribution is -0.151. The van der Waals surface area contributed by atoms with Crippen LogP contribution < -0.4 is 0 Å². The number of ether oxygens (including phenoxy) is 1. The molecule has 2 saturated carbocycles. The van der Waals surface area contributed by atoms with Crippen LogP contribution in [0.2, 0.25) is 0 Å². The fourth-order valence-electron chi connectivity index (χ4n) is 8.03. The number of carbonyl (C=O) groups excluding carboxylic acids is 1. The summed E-state index contributed by atoms with van der Waals surface area (Å²) in [5.74, 6) is 2.27. The normalized spacial score (nSPS) is 37.3. The Balaban J connectivity index is 1.29. The summed E-state index contributed by atoms with van der Waals surface area (Å²) in [5.41, 5.74) is 5.00. The minimum atomic E-state index is 0.0136. The van der Waals surface area contributed by atoms with Crippen molar-refractivity contribution in [2.75, 3.05) is 0 Å². The number of fused-ring (bicyclic) bond motifs is 5. The molecule has 1 aromatic heterocycles. The molecule has 3 nitrogen and oxygen atoms in total. The molecule has 0 radical (unpaired) electrons. The fraction of sp³-hybridized carbons (Fsp3) is 0.667. The zero-order valence-electron chi connectivity index (χ0n) is 20.8. The van der Waals surface area contributed by atoms with Crippen LogP contribution in [0, 0.1) is 28.6 Å². The molecule has 178 valence electrons. The molecule has 1 aromatic rings. The molecule has 0 spiro atoms. The van der Waals surface area contributed by atoms with Gasteiger partial charge in [0.2, 0.25) is 0 Å².